The molecule has 5 nitrogen and oxygen atoms in total. The van der Waals surface area contributed by atoms with E-state index >= 15 is 0 Å². The Morgan fingerprint density at radius 2 is 1.95 bits per heavy atom. The van der Waals surface area contributed by atoms with Crippen molar-refractivity contribution in [1.29, 1.82) is 0 Å². The summed E-state index contributed by atoms with van der Waals surface area (Å²) < 4.78 is 5.41. The zero-order chi connectivity index (χ0) is 15.1. The molecule has 0 aromatic heterocycles. The van der Waals surface area contributed by atoms with Crippen molar-refractivity contribution in [3.8, 4) is 5.75 Å². The van der Waals surface area contributed by atoms with Crippen molar-refractivity contribution in [2.75, 3.05) is 13.2 Å². The fourth-order valence-electron chi connectivity index (χ4n) is 1.21. The van der Waals surface area contributed by atoms with E-state index in [4.69, 9.17) is 9.84 Å². The molecule has 0 aliphatic rings. The molecule has 0 unspecified atom stereocenters. The highest BCUT2D eigenvalue weighted by molar-refractivity contribution is 5.48. The molecule has 0 fully saturated rings. The van der Waals surface area contributed by atoms with Crippen LogP contribution in [-0.4, -0.2) is 23.2 Å². The summed E-state index contributed by atoms with van der Waals surface area (Å²) in [5.41, 5.74) is 0.350. The monoisotopic (exact) mass is 269 g/mol. The van der Waals surface area contributed by atoms with Crippen molar-refractivity contribution in [1.82, 2.24) is 0 Å². The molecular weight excluding hydrogens is 246 g/mol. The number of rotatable bonds is 5. The van der Waals surface area contributed by atoms with Crippen LogP contribution in [-0.2, 0) is 0 Å². The Morgan fingerprint density at radius 3 is 2.42 bits per heavy atom. The Balaban J connectivity index is 0.00000154. The maximum Gasteiger partial charge on any atom is 0.311 e. The third-order valence-electron chi connectivity index (χ3n) is 2.36. The Morgan fingerprint density at radius 1 is 1.37 bits per heavy atom. The Labute approximate surface area is 114 Å². The molecule has 0 aliphatic carbocycles. The van der Waals surface area contributed by atoms with Gasteiger partial charge in [0, 0.05) is 11.5 Å². The highest BCUT2D eigenvalue weighted by Gasteiger charge is 2.21. The molecule has 1 aromatic rings. The predicted octanol–water partition coefficient (Wildman–Crippen LogP) is 3.33. The van der Waals surface area contributed by atoms with Crippen LogP contribution in [0.5, 0.6) is 5.75 Å². The summed E-state index contributed by atoms with van der Waals surface area (Å²) in [4.78, 5) is 10.4. The van der Waals surface area contributed by atoms with E-state index < -0.39 is 10.3 Å². The molecule has 0 saturated carbocycles. The molecule has 1 aromatic carbocycles. The van der Waals surface area contributed by atoms with E-state index in [9.17, 15) is 10.1 Å². The maximum absolute atomic E-state index is 10.8. The first-order valence-electron chi connectivity index (χ1n) is 6.34. The minimum atomic E-state index is -0.464. The largest absolute Gasteiger partial charge is 0.486 e. The third-order valence-corrected chi connectivity index (χ3v) is 2.36. The van der Waals surface area contributed by atoms with E-state index in [1.807, 2.05) is 27.7 Å². The van der Waals surface area contributed by atoms with Gasteiger partial charge in [-0.15, -0.1) is 0 Å². The Bertz CT molecular complexity index is 416. The summed E-state index contributed by atoms with van der Waals surface area (Å²) in [5.74, 6) is 0.238. The van der Waals surface area contributed by atoms with Gasteiger partial charge in [0.05, 0.1) is 18.1 Å². The lowest BCUT2D eigenvalue weighted by atomic mass is 9.96. The molecule has 108 valence electrons. The second kappa shape index (κ2) is 7.74. The second-order valence-electron chi connectivity index (χ2n) is 4.84. The van der Waals surface area contributed by atoms with Gasteiger partial charge in [-0.2, -0.15) is 0 Å². The lowest BCUT2D eigenvalue weighted by Gasteiger charge is -2.21. The molecule has 0 radical (unpaired) electrons. The highest BCUT2D eigenvalue weighted by atomic mass is 16.6. The van der Waals surface area contributed by atoms with Crippen molar-refractivity contribution in [2.24, 2.45) is 5.41 Å². The van der Waals surface area contributed by atoms with Crippen LogP contribution in [0.3, 0.4) is 0 Å². The summed E-state index contributed by atoms with van der Waals surface area (Å²) in [6.07, 6.45) is 0. The number of aliphatic hydroxyl groups is 1. The molecule has 0 spiro atoms. The molecule has 1 N–H and O–H groups in total. The summed E-state index contributed by atoms with van der Waals surface area (Å²) >= 11 is 0. The van der Waals surface area contributed by atoms with E-state index in [-0.39, 0.29) is 24.7 Å². The Kier molecular flexibility index (Phi) is 7.08. The van der Waals surface area contributed by atoms with Gasteiger partial charge in [-0.25, -0.2) is 0 Å². The molecule has 0 saturated heterocycles. The van der Waals surface area contributed by atoms with Gasteiger partial charge in [0.15, 0.2) is 5.75 Å². The number of benzene rings is 1. The second-order valence-corrected chi connectivity index (χ2v) is 4.84. The first-order chi connectivity index (χ1) is 8.85. The van der Waals surface area contributed by atoms with Crippen LogP contribution in [0, 0.1) is 22.5 Å². The standard InChI is InChI=1S/C12H17NO4.C2H6/c1-9-4-5-11(10(6-9)13(15)16)17-8-12(2,3)7-14;1-2/h4-6,14H,7-8H2,1-3H3;1-2H3. The number of nitrogens with zero attached hydrogens (tertiary/aromatic N) is 1. The number of ether oxygens (including phenoxy) is 1. The van der Waals surface area contributed by atoms with Crippen LogP contribution in [0.2, 0.25) is 0 Å². The van der Waals surface area contributed by atoms with Crippen molar-refractivity contribution in [3.63, 3.8) is 0 Å². The van der Waals surface area contributed by atoms with E-state index in [2.05, 4.69) is 0 Å². The van der Waals surface area contributed by atoms with Gasteiger partial charge in [0.2, 0.25) is 0 Å². The van der Waals surface area contributed by atoms with Crippen molar-refractivity contribution in [2.45, 2.75) is 34.6 Å². The van der Waals surface area contributed by atoms with Gasteiger partial charge >= 0.3 is 5.69 Å². The lowest BCUT2D eigenvalue weighted by Crippen LogP contribution is -2.25. The summed E-state index contributed by atoms with van der Waals surface area (Å²) in [5, 5.41) is 19.9. The minimum absolute atomic E-state index is 0.0351. The molecule has 0 bridgehead atoms. The van der Waals surface area contributed by atoms with E-state index in [1.165, 1.54) is 6.07 Å². The maximum atomic E-state index is 10.8. The van der Waals surface area contributed by atoms with E-state index in [1.54, 1.807) is 19.1 Å². The van der Waals surface area contributed by atoms with E-state index in [0.717, 1.165) is 5.56 Å². The van der Waals surface area contributed by atoms with Crippen LogP contribution in [0.1, 0.15) is 33.3 Å². The van der Waals surface area contributed by atoms with Crippen molar-refractivity contribution < 1.29 is 14.8 Å². The first kappa shape index (κ1) is 17.4. The quantitative estimate of drug-likeness (QED) is 0.657. The van der Waals surface area contributed by atoms with Gasteiger partial charge < -0.3 is 9.84 Å². The average Bonchev–Trinajstić information content (AvgIpc) is 2.39. The predicted molar refractivity (Wildman–Crippen MR) is 75.5 cm³/mol. The third kappa shape index (κ3) is 5.70. The summed E-state index contributed by atoms with van der Waals surface area (Å²) in [6, 6.07) is 4.82. The van der Waals surface area contributed by atoms with Gasteiger partial charge in [0.1, 0.15) is 0 Å². The fraction of sp³-hybridized carbons (Fsp3) is 0.571. The number of aliphatic hydroxyl groups excluding tert-OH is 1. The Hall–Kier alpha value is -1.62. The molecule has 0 aliphatic heterocycles. The normalized spacial score (nSPS) is 10.4. The number of hydrogen-bond acceptors (Lipinski definition) is 4. The molecule has 19 heavy (non-hydrogen) atoms. The van der Waals surface area contributed by atoms with Crippen molar-refractivity contribution >= 4 is 5.69 Å². The first-order valence-corrected chi connectivity index (χ1v) is 6.34. The van der Waals surface area contributed by atoms with Gasteiger partial charge in [-0.3, -0.25) is 10.1 Å². The smallest absolute Gasteiger partial charge is 0.311 e. The molecule has 0 atom stereocenters. The minimum Gasteiger partial charge on any atom is -0.486 e. The van der Waals surface area contributed by atoms with Crippen molar-refractivity contribution in [3.05, 3.63) is 33.9 Å². The van der Waals surface area contributed by atoms with Crippen LogP contribution >= 0.6 is 0 Å². The zero-order valence-electron chi connectivity index (χ0n) is 12.3. The van der Waals surface area contributed by atoms with Crippen LogP contribution in [0.4, 0.5) is 5.69 Å². The van der Waals surface area contributed by atoms with Crippen LogP contribution in [0.25, 0.3) is 0 Å². The SMILES string of the molecule is CC.Cc1ccc(OCC(C)(C)CO)c([N+](=O)[O-])c1. The molecule has 5 heteroatoms. The fourth-order valence-corrected chi connectivity index (χ4v) is 1.21. The molecule has 0 heterocycles. The summed E-state index contributed by atoms with van der Waals surface area (Å²) in [7, 11) is 0. The molecular formula is C14H23NO4. The topological polar surface area (TPSA) is 72.6 Å². The summed E-state index contributed by atoms with van der Waals surface area (Å²) in [6.45, 7) is 9.63. The van der Waals surface area contributed by atoms with Gasteiger partial charge in [0.25, 0.3) is 0 Å². The number of hydrogen-bond donors (Lipinski definition) is 1. The number of nitro benzene ring substituents is 1. The van der Waals surface area contributed by atoms with E-state index in [0.29, 0.717) is 0 Å². The lowest BCUT2D eigenvalue weighted by molar-refractivity contribution is -0.386. The molecule has 1 rings (SSSR count). The van der Waals surface area contributed by atoms with Crippen LogP contribution < -0.4 is 4.74 Å². The highest BCUT2D eigenvalue weighted by Crippen LogP contribution is 2.29. The van der Waals surface area contributed by atoms with Gasteiger partial charge in [-0.05, 0) is 18.6 Å². The average molecular weight is 269 g/mol. The van der Waals surface area contributed by atoms with Gasteiger partial charge in [-0.1, -0.05) is 33.8 Å². The van der Waals surface area contributed by atoms with Crippen LogP contribution in [0.15, 0.2) is 18.2 Å². The number of aryl methyl sites for hydroxylation is 1. The zero-order valence-corrected chi connectivity index (χ0v) is 12.3. The number of nitro groups is 1. The molecule has 0 amide bonds.